The first-order chi connectivity index (χ1) is 7.68. The molecule has 0 aliphatic heterocycles. The Morgan fingerprint density at radius 3 is 2.62 bits per heavy atom. The maximum atomic E-state index is 11.2. The summed E-state index contributed by atoms with van der Waals surface area (Å²) in [5.41, 5.74) is 1.14. The van der Waals surface area contributed by atoms with E-state index in [0.717, 1.165) is 5.56 Å². The highest BCUT2D eigenvalue weighted by Crippen LogP contribution is 2.03. The summed E-state index contributed by atoms with van der Waals surface area (Å²) in [5.74, 6) is -0.206. The Morgan fingerprint density at radius 2 is 2.00 bits per heavy atom. The van der Waals surface area contributed by atoms with Gasteiger partial charge < -0.3 is 4.84 Å². The van der Waals surface area contributed by atoms with E-state index < -0.39 is 0 Å². The van der Waals surface area contributed by atoms with Crippen molar-refractivity contribution in [2.75, 3.05) is 14.1 Å². The van der Waals surface area contributed by atoms with Crippen molar-refractivity contribution in [3.8, 4) is 0 Å². The first-order valence-corrected chi connectivity index (χ1v) is 5.28. The van der Waals surface area contributed by atoms with Gasteiger partial charge in [0.15, 0.2) is 0 Å². The van der Waals surface area contributed by atoms with E-state index >= 15 is 0 Å². The minimum Gasteiger partial charge on any atom is -0.368 e. The van der Waals surface area contributed by atoms with Gasteiger partial charge in [-0.25, -0.2) is 0 Å². The van der Waals surface area contributed by atoms with E-state index in [1.54, 1.807) is 14.1 Å². The third-order valence-corrected chi connectivity index (χ3v) is 1.91. The average molecular weight is 219 g/mol. The topological polar surface area (TPSA) is 29.5 Å². The monoisotopic (exact) mass is 219 g/mol. The molecule has 0 N–H and O–H groups in total. The Bertz CT molecular complexity index is 344. The number of carbonyl (C=O) groups is 1. The van der Waals surface area contributed by atoms with Crippen molar-refractivity contribution < 1.29 is 9.63 Å². The third-order valence-electron chi connectivity index (χ3n) is 1.91. The van der Waals surface area contributed by atoms with Gasteiger partial charge in [-0.3, -0.25) is 4.79 Å². The molecule has 3 nitrogen and oxygen atoms in total. The largest absolute Gasteiger partial charge is 0.368 e. The summed E-state index contributed by atoms with van der Waals surface area (Å²) in [6, 6.07) is 10.00. The minimum atomic E-state index is -0.206. The molecule has 0 heterocycles. The van der Waals surface area contributed by atoms with Crippen LogP contribution in [0.2, 0.25) is 0 Å². The molecular weight excluding hydrogens is 202 g/mol. The number of allylic oxidation sites excluding steroid dienone is 1. The Labute approximate surface area is 96.3 Å². The van der Waals surface area contributed by atoms with Crippen molar-refractivity contribution in [1.82, 2.24) is 5.06 Å². The molecule has 0 fully saturated rings. The molecule has 0 saturated heterocycles. The Kier molecular flexibility index (Phi) is 5.29. The molecule has 0 amide bonds. The average Bonchev–Trinajstić information content (AvgIpc) is 2.25. The zero-order chi connectivity index (χ0) is 11.8. The van der Waals surface area contributed by atoms with Gasteiger partial charge in [-0.1, -0.05) is 42.5 Å². The van der Waals surface area contributed by atoms with Crippen molar-refractivity contribution in [3.05, 3.63) is 42.0 Å². The summed E-state index contributed by atoms with van der Waals surface area (Å²) in [4.78, 5) is 16.0. The number of hydrogen-bond donors (Lipinski definition) is 0. The lowest BCUT2D eigenvalue weighted by Gasteiger charge is -2.08. The molecule has 3 heteroatoms. The molecule has 0 aromatic heterocycles. The second-order valence-corrected chi connectivity index (χ2v) is 3.63. The highest BCUT2D eigenvalue weighted by atomic mass is 16.7. The highest BCUT2D eigenvalue weighted by molar-refractivity contribution is 5.69. The second-order valence-electron chi connectivity index (χ2n) is 3.63. The molecule has 1 aromatic carbocycles. The zero-order valence-electron chi connectivity index (χ0n) is 9.72. The van der Waals surface area contributed by atoms with Gasteiger partial charge in [0.05, 0.1) is 6.42 Å². The first kappa shape index (κ1) is 12.5. The minimum absolute atomic E-state index is 0.206. The fourth-order valence-corrected chi connectivity index (χ4v) is 1.23. The quantitative estimate of drug-likeness (QED) is 0.713. The fraction of sp³-hybridized carbons (Fsp3) is 0.308. The lowest BCUT2D eigenvalue weighted by Crippen LogP contribution is -2.17. The van der Waals surface area contributed by atoms with Crippen LogP contribution >= 0.6 is 0 Å². The van der Waals surface area contributed by atoms with Gasteiger partial charge in [0.25, 0.3) is 0 Å². The summed E-state index contributed by atoms with van der Waals surface area (Å²) in [7, 11) is 3.38. The first-order valence-electron chi connectivity index (χ1n) is 5.28. The molecule has 16 heavy (non-hydrogen) atoms. The smallest absolute Gasteiger partial charge is 0.325 e. The number of benzene rings is 1. The number of carbonyl (C=O) groups excluding carboxylic acids is 1. The predicted octanol–water partition coefficient (Wildman–Crippen LogP) is 2.50. The highest BCUT2D eigenvalue weighted by Gasteiger charge is 2.01. The molecule has 0 atom stereocenters. The van der Waals surface area contributed by atoms with E-state index in [-0.39, 0.29) is 5.97 Å². The molecule has 0 radical (unpaired) electrons. The van der Waals surface area contributed by atoms with Crippen LogP contribution in [0.25, 0.3) is 6.08 Å². The van der Waals surface area contributed by atoms with E-state index in [0.29, 0.717) is 12.8 Å². The Hall–Kier alpha value is -1.61. The van der Waals surface area contributed by atoms with E-state index in [1.807, 2.05) is 42.5 Å². The number of hydrogen-bond acceptors (Lipinski definition) is 3. The van der Waals surface area contributed by atoms with Crippen molar-refractivity contribution in [2.45, 2.75) is 12.8 Å². The molecule has 0 bridgehead atoms. The molecule has 0 unspecified atom stereocenters. The molecule has 0 aliphatic carbocycles. The molecule has 1 aromatic rings. The predicted molar refractivity (Wildman–Crippen MR) is 64.5 cm³/mol. The maximum Gasteiger partial charge on any atom is 0.325 e. The lowest BCUT2D eigenvalue weighted by atomic mass is 10.2. The summed E-state index contributed by atoms with van der Waals surface area (Å²) >= 11 is 0. The van der Waals surface area contributed by atoms with Crippen LogP contribution in [0.1, 0.15) is 18.4 Å². The van der Waals surface area contributed by atoms with Gasteiger partial charge in [0.1, 0.15) is 0 Å². The molecule has 0 saturated carbocycles. The van der Waals surface area contributed by atoms with Crippen LogP contribution in [-0.4, -0.2) is 25.1 Å². The Balaban J connectivity index is 2.25. The summed E-state index contributed by atoms with van der Waals surface area (Å²) < 4.78 is 0. The van der Waals surface area contributed by atoms with Gasteiger partial charge in [-0.2, -0.15) is 0 Å². The zero-order valence-corrected chi connectivity index (χ0v) is 9.72. The van der Waals surface area contributed by atoms with Gasteiger partial charge in [-0.05, 0) is 12.0 Å². The molecule has 86 valence electrons. The normalized spacial score (nSPS) is 10.9. The Morgan fingerprint density at radius 1 is 1.31 bits per heavy atom. The fourth-order valence-electron chi connectivity index (χ4n) is 1.23. The molecule has 1 rings (SSSR count). The van der Waals surface area contributed by atoms with Crippen molar-refractivity contribution >= 4 is 12.0 Å². The van der Waals surface area contributed by atoms with Gasteiger partial charge in [0, 0.05) is 14.1 Å². The second kappa shape index (κ2) is 6.80. The van der Waals surface area contributed by atoms with E-state index in [4.69, 9.17) is 4.84 Å². The van der Waals surface area contributed by atoms with E-state index in [2.05, 4.69) is 0 Å². The van der Waals surface area contributed by atoms with Gasteiger partial charge in [-0.15, -0.1) is 5.06 Å². The summed E-state index contributed by atoms with van der Waals surface area (Å²) in [6.07, 6.45) is 5.08. The van der Waals surface area contributed by atoms with Crippen LogP contribution in [0, 0.1) is 0 Å². The van der Waals surface area contributed by atoms with Crippen molar-refractivity contribution in [2.24, 2.45) is 0 Å². The molecule has 0 aliphatic rings. The summed E-state index contributed by atoms with van der Waals surface area (Å²) in [5, 5.41) is 1.41. The number of nitrogens with zero attached hydrogens (tertiary/aromatic N) is 1. The van der Waals surface area contributed by atoms with Crippen molar-refractivity contribution in [1.29, 1.82) is 0 Å². The van der Waals surface area contributed by atoms with Crippen LogP contribution < -0.4 is 0 Å². The van der Waals surface area contributed by atoms with Crippen LogP contribution in [0.15, 0.2) is 36.4 Å². The SMILES string of the molecule is CN(C)OC(=O)CC/C=C/c1ccccc1. The van der Waals surface area contributed by atoms with Gasteiger partial charge in [0.2, 0.25) is 0 Å². The molecular formula is C13H17NO2. The van der Waals surface area contributed by atoms with Gasteiger partial charge >= 0.3 is 5.97 Å². The van der Waals surface area contributed by atoms with Crippen LogP contribution in [0.4, 0.5) is 0 Å². The number of rotatable bonds is 5. The summed E-state index contributed by atoms with van der Waals surface area (Å²) in [6.45, 7) is 0. The van der Waals surface area contributed by atoms with Crippen LogP contribution in [0.3, 0.4) is 0 Å². The molecule has 0 spiro atoms. The maximum absolute atomic E-state index is 11.2. The third kappa shape index (κ3) is 5.32. The van der Waals surface area contributed by atoms with Crippen molar-refractivity contribution in [3.63, 3.8) is 0 Å². The van der Waals surface area contributed by atoms with E-state index in [1.165, 1.54) is 5.06 Å². The standard InChI is InChI=1S/C13H17NO2/c1-14(2)16-13(15)11-7-6-10-12-8-4-3-5-9-12/h3-6,8-10H,7,11H2,1-2H3/b10-6+. The van der Waals surface area contributed by atoms with Crippen LogP contribution in [0.5, 0.6) is 0 Å². The van der Waals surface area contributed by atoms with E-state index in [9.17, 15) is 4.79 Å². The lowest BCUT2D eigenvalue weighted by molar-refractivity contribution is -0.178. The number of hydroxylamine groups is 2. The van der Waals surface area contributed by atoms with Crippen LogP contribution in [-0.2, 0) is 9.63 Å².